The maximum atomic E-state index is 9.05. The van der Waals surface area contributed by atoms with Crippen LogP contribution >= 0.6 is 0 Å². The Kier molecular flexibility index (Phi) is 3.84. The van der Waals surface area contributed by atoms with Crippen molar-refractivity contribution in [2.24, 2.45) is 7.05 Å². The van der Waals surface area contributed by atoms with Crippen LogP contribution in [0.4, 0.5) is 0 Å². The van der Waals surface area contributed by atoms with E-state index in [1.54, 1.807) is 36.2 Å². The van der Waals surface area contributed by atoms with E-state index in [0.29, 0.717) is 18.1 Å². The van der Waals surface area contributed by atoms with Crippen molar-refractivity contribution in [1.82, 2.24) is 9.78 Å². The molecule has 0 saturated carbocycles. The van der Waals surface area contributed by atoms with Crippen LogP contribution in [0.25, 0.3) is 0 Å². The number of ether oxygens (including phenoxy) is 2. The van der Waals surface area contributed by atoms with Crippen LogP contribution in [0.2, 0.25) is 0 Å². The highest BCUT2D eigenvalue weighted by Crippen LogP contribution is 2.28. The van der Waals surface area contributed by atoms with Gasteiger partial charge in [-0.3, -0.25) is 4.68 Å². The van der Waals surface area contributed by atoms with Gasteiger partial charge in [0.1, 0.15) is 6.61 Å². The lowest BCUT2D eigenvalue weighted by atomic mass is 10.2. The van der Waals surface area contributed by atoms with Gasteiger partial charge in [0.2, 0.25) is 0 Å². The van der Waals surface area contributed by atoms with Gasteiger partial charge in [-0.2, -0.15) is 5.10 Å². The topological polar surface area (TPSA) is 56.5 Å². The molecule has 0 radical (unpaired) electrons. The Hall–Kier alpha value is -2.01. The number of aromatic nitrogens is 2. The van der Waals surface area contributed by atoms with Crippen LogP contribution in [-0.4, -0.2) is 22.0 Å². The molecule has 0 unspecified atom stereocenters. The number of hydrogen-bond acceptors (Lipinski definition) is 4. The molecule has 0 fully saturated rings. The van der Waals surface area contributed by atoms with Crippen LogP contribution in [0.15, 0.2) is 30.6 Å². The van der Waals surface area contributed by atoms with Crippen LogP contribution in [0, 0.1) is 0 Å². The first-order valence-electron chi connectivity index (χ1n) is 5.61. The number of rotatable bonds is 5. The first-order chi connectivity index (χ1) is 8.72. The third kappa shape index (κ3) is 2.81. The summed E-state index contributed by atoms with van der Waals surface area (Å²) < 4.78 is 12.6. The Morgan fingerprint density at radius 2 is 2.11 bits per heavy atom. The molecule has 0 saturated heterocycles. The van der Waals surface area contributed by atoms with Crippen LogP contribution in [0.1, 0.15) is 11.1 Å². The quantitative estimate of drug-likeness (QED) is 0.871. The van der Waals surface area contributed by atoms with Crippen LogP contribution in [-0.2, 0) is 20.3 Å². The van der Waals surface area contributed by atoms with E-state index in [0.717, 1.165) is 11.1 Å². The molecule has 2 aromatic rings. The molecule has 1 aromatic carbocycles. The second-order valence-electron chi connectivity index (χ2n) is 3.95. The third-order valence-electron chi connectivity index (χ3n) is 2.56. The molecule has 0 bridgehead atoms. The van der Waals surface area contributed by atoms with E-state index < -0.39 is 0 Å². The van der Waals surface area contributed by atoms with Crippen molar-refractivity contribution < 1.29 is 14.6 Å². The molecule has 0 spiro atoms. The molecule has 5 nitrogen and oxygen atoms in total. The van der Waals surface area contributed by atoms with Crippen molar-refractivity contribution in [3.05, 3.63) is 41.7 Å². The molecule has 2 rings (SSSR count). The minimum atomic E-state index is -0.0146. The van der Waals surface area contributed by atoms with Crippen molar-refractivity contribution in [2.45, 2.75) is 13.2 Å². The van der Waals surface area contributed by atoms with E-state index in [4.69, 9.17) is 14.6 Å². The second-order valence-corrected chi connectivity index (χ2v) is 3.95. The molecule has 0 atom stereocenters. The summed E-state index contributed by atoms with van der Waals surface area (Å²) in [7, 11) is 3.44. The molecule has 1 aromatic heterocycles. The van der Waals surface area contributed by atoms with Gasteiger partial charge < -0.3 is 14.6 Å². The molecule has 1 heterocycles. The van der Waals surface area contributed by atoms with Crippen molar-refractivity contribution in [3.63, 3.8) is 0 Å². The molecular formula is C13H16N2O3. The molecular weight excluding hydrogens is 232 g/mol. The van der Waals surface area contributed by atoms with E-state index in [1.165, 1.54) is 0 Å². The number of aliphatic hydroxyl groups is 1. The monoisotopic (exact) mass is 248 g/mol. The summed E-state index contributed by atoms with van der Waals surface area (Å²) in [5.41, 5.74) is 1.78. The highest BCUT2D eigenvalue weighted by atomic mass is 16.5. The fourth-order valence-corrected chi connectivity index (χ4v) is 1.64. The third-order valence-corrected chi connectivity index (χ3v) is 2.56. The fraction of sp³-hybridized carbons (Fsp3) is 0.308. The first-order valence-corrected chi connectivity index (χ1v) is 5.61. The summed E-state index contributed by atoms with van der Waals surface area (Å²) >= 11 is 0. The van der Waals surface area contributed by atoms with Gasteiger partial charge in [-0.1, -0.05) is 6.07 Å². The van der Waals surface area contributed by atoms with E-state index in [9.17, 15) is 0 Å². The predicted octanol–water partition coefficient (Wildman–Crippen LogP) is 1.50. The number of hydrogen-bond donors (Lipinski definition) is 1. The SMILES string of the molecule is COc1cc(CO)ccc1OCc1cnn(C)c1. The molecule has 0 amide bonds. The second kappa shape index (κ2) is 5.55. The van der Waals surface area contributed by atoms with Crippen molar-refractivity contribution in [2.75, 3.05) is 7.11 Å². The molecule has 1 N–H and O–H groups in total. The lowest BCUT2D eigenvalue weighted by Crippen LogP contribution is -1.98. The van der Waals surface area contributed by atoms with Gasteiger partial charge in [-0.05, 0) is 17.7 Å². The number of aryl methyl sites for hydroxylation is 1. The maximum absolute atomic E-state index is 9.05. The zero-order valence-electron chi connectivity index (χ0n) is 10.5. The Bertz CT molecular complexity index is 523. The number of nitrogens with zero attached hydrogens (tertiary/aromatic N) is 2. The largest absolute Gasteiger partial charge is 0.493 e. The van der Waals surface area contributed by atoms with Gasteiger partial charge >= 0.3 is 0 Å². The Morgan fingerprint density at radius 3 is 2.72 bits per heavy atom. The summed E-state index contributed by atoms with van der Waals surface area (Å²) in [6.45, 7) is 0.419. The van der Waals surface area contributed by atoms with Crippen molar-refractivity contribution in [3.8, 4) is 11.5 Å². The highest BCUT2D eigenvalue weighted by molar-refractivity contribution is 5.42. The van der Waals surface area contributed by atoms with E-state index in [1.807, 2.05) is 13.2 Å². The Morgan fingerprint density at radius 1 is 1.28 bits per heavy atom. The standard InChI is InChI=1S/C13H16N2O3/c1-15-7-11(6-14-15)9-18-12-4-3-10(8-16)5-13(12)17-2/h3-7,16H,8-9H2,1-2H3. The van der Waals surface area contributed by atoms with Gasteiger partial charge in [0, 0.05) is 18.8 Å². The summed E-state index contributed by atoms with van der Waals surface area (Å²) in [5.74, 6) is 1.27. The van der Waals surface area contributed by atoms with E-state index in [-0.39, 0.29) is 6.61 Å². The summed E-state index contributed by atoms with van der Waals surface area (Å²) in [6, 6.07) is 5.36. The molecule has 0 aliphatic heterocycles. The average molecular weight is 248 g/mol. The Balaban J connectivity index is 2.08. The fourth-order valence-electron chi connectivity index (χ4n) is 1.64. The summed E-state index contributed by atoms with van der Waals surface area (Å²) in [4.78, 5) is 0. The van der Waals surface area contributed by atoms with Gasteiger partial charge in [0.05, 0.1) is 19.9 Å². The maximum Gasteiger partial charge on any atom is 0.161 e. The molecule has 0 aliphatic rings. The van der Waals surface area contributed by atoms with Gasteiger partial charge in [-0.25, -0.2) is 0 Å². The number of benzene rings is 1. The predicted molar refractivity (Wildman–Crippen MR) is 66.5 cm³/mol. The molecule has 5 heteroatoms. The highest BCUT2D eigenvalue weighted by Gasteiger charge is 2.06. The van der Waals surface area contributed by atoms with Crippen LogP contribution < -0.4 is 9.47 Å². The van der Waals surface area contributed by atoms with Gasteiger partial charge in [0.25, 0.3) is 0 Å². The average Bonchev–Trinajstić information content (AvgIpc) is 2.82. The van der Waals surface area contributed by atoms with Crippen molar-refractivity contribution >= 4 is 0 Å². The zero-order valence-corrected chi connectivity index (χ0v) is 10.5. The molecule has 0 aliphatic carbocycles. The van der Waals surface area contributed by atoms with Gasteiger partial charge in [0.15, 0.2) is 11.5 Å². The lowest BCUT2D eigenvalue weighted by Gasteiger charge is -2.10. The zero-order chi connectivity index (χ0) is 13.0. The van der Waals surface area contributed by atoms with Gasteiger partial charge in [-0.15, -0.1) is 0 Å². The number of aliphatic hydroxyl groups excluding tert-OH is 1. The van der Waals surface area contributed by atoms with Crippen LogP contribution in [0.5, 0.6) is 11.5 Å². The smallest absolute Gasteiger partial charge is 0.161 e. The minimum Gasteiger partial charge on any atom is -0.493 e. The summed E-state index contributed by atoms with van der Waals surface area (Å²) in [5, 5.41) is 13.1. The van der Waals surface area contributed by atoms with Crippen molar-refractivity contribution in [1.29, 1.82) is 0 Å². The van der Waals surface area contributed by atoms with Crippen LogP contribution in [0.3, 0.4) is 0 Å². The lowest BCUT2D eigenvalue weighted by molar-refractivity contribution is 0.274. The van der Waals surface area contributed by atoms with E-state index in [2.05, 4.69) is 5.10 Å². The normalized spacial score (nSPS) is 10.4. The minimum absolute atomic E-state index is 0.0146. The Labute approximate surface area is 106 Å². The molecule has 96 valence electrons. The number of methoxy groups -OCH3 is 1. The first kappa shape index (κ1) is 12.4. The molecule has 18 heavy (non-hydrogen) atoms. The summed E-state index contributed by atoms with van der Waals surface area (Å²) in [6.07, 6.45) is 3.66. The van der Waals surface area contributed by atoms with E-state index >= 15 is 0 Å².